The molecule has 1 atom stereocenters. The summed E-state index contributed by atoms with van der Waals surface area (Å²) in [5.41, 5.74) is 10.5. The average Bonchev–Trinajstić information content (AvgIpc) is 3.41. The van der Waals surface area contributed by atoms with E-state index in [9.17, 15) is 5.26 Å². The van der Waals surface area contributed by atoms with E-state index in [2.05, 4.69) is 30.8 Å². The first-order chi connectivity index (χ1) is 17.5. The van der Waals surface area contributed by atoms with Gasteiger partial charge in [-0.25, -0.2) is 9.36 Å². The predicted octanol–water partition coefficient (Wildman–Crippen LogP) is 6.72. The van der Waals surface area contributed by atoms with Gasteiger partial charge in [-0.05, 0) is 45.8 Å². The largest absolute Gasteiger partial charge is 0.382 e. The van der Waals surface area contributed by atoms with E-state index in [0.717, 1.165) is 17.1 Å². The highest BCUT2D eigenvalue weighted by Crippen LogP contribution is 2.39. The summed E-state index contributed by atoms with van der Waals surface area (Å²) in [6.07, 6.45) is 0. The quantitative estimate of drug-likeness (QED) is 0.226. The molecule has 0 aliphatic carbocycles. The molecule has 3 N–H and O–H groups in total. The van der Waals surface area contributed by atoms with Gasteiger partial charge in [-0.1, -0.05) is 59.7 Å². The van der Waals surface area contributed by atoms with Crippen molar-refractivity contribution in [3.63, 3.8) is 0 Å². The van der Waals surface area contributed by atoms with E-state index in [4.69, 9.17) is 15.9 Å². The normalized spacial score (nSPS) is 12.2. The molecule has 4 rings (SSSR count). The van der Waals surface area contributed by atoms with Crippen molar-refractivity contribution in [3.8, 4) is 17.4 Å². The highest BCUT2D eigenvalue weighted by atomic mass is 31.0. The van der Waals surface area contributed by atoms with Crippen LogP contribution in [0.4, 0.5) is 23.0 Å². The van der Waals surface area contributed by atoms with Crippen molar-refractivity contribution in [2.45, 2.75) is 52.4 Å². The van der Waals surface area contributed by atoms with Crippen molar-refractivity contribution in [1.82, 2.24) is 19.6 Å². The lowest BCUT2D eigenvalue weighted by molar-refractivity contribution is 0.559. The van der Waals surface area contributed by atoms with Gasteiger partial charge in [0, 0.05) is 16.5 Å². The number of nitrogens with one attached hydrogen (secondary N) is 1. The van der Waals surface area contributed by atoms with Crippen LogP contribution in [-0.4, -0.2) is 19.6 Å². The summed E-state index contributed by atoms with van der Waals surface area (Å²) in [5.74, 6) is 0.710. The maximum Gasteiger partial charge on any atom is 0.196 e. The number of rotatable bonds is 5. The number of hydrogen-bond acceptors (Lipinski definition) is 7. The fourth-order valence-corrected chi connectivity index (χ4v) is 4.09. The lowest BCUT2D eigenvalue weighted by Gasteiger charge is -2.15. The summed E-state index contributed by atoms with van der Waals surface area (Å²) in [6, 6.07) is 19.6. The fraction of sp³-hybridized carbons (Fsp3) is 0.296. The summed E-state index contributed by atoms with van der Waals surface area (Å²) in [4.78, 5) is 0. The van der Waals surface area contributed by atoms with Gasteiger partial charge in [-0.2, -0.15) is 15.5 Å². The van der Waals surface area contributed by atoms with E-state index in [1.54, 1.807) is 9.36 Å². The van der Waals surface area contributed by atoms with Gasteiger partial charge in [0.1, 0.15) is 11.6 Å². The number of aromatic nitrogens is 4. The molecule has 0 amide bonds. The minimum Gasteiger partial charge on any atom is -0.382 e. The second-order valence-electron chi connectivity index (χ2n) is 10.8. The Labute approximate surface area is 219 Å². The smallest absolute Gasteiger partial charge is 0.196 e. The van der Waals surface area contributed by atoms with Gasteiger partial charge >= 0.3 is 0 Å². The van der Waals surface area contributed by atoms with Crippen molar-refractivity contribution in [2.75, 3.05) is 10.8 Å². The molecule has 0 bridgehead atoms. The number of nitriles is 1. The van der Waals surface area contributed by atoms with Crippen LogP contribution in [0.5, 0.6) is 0 Å². The van der Waals surface area contributed by atoms with Crippen LogP contribution >= 0.6 is 9.39 Å². The van der Waals surface area contributed by atoms with Crippen LogP contribution in [0.3, 0.4) is 0 Å². The molecule has 2 aromatic heterocycles. The molecule has 0 saturated heterocycles. The van der Waals surface area contributed by atoms with Gasteiger partial charge in [0.25, 0.3) is 0 Å². The number of benzene rings is 2. The monoisotopic (exact) mass is 513 g/mol. The summed E-state index contributed by atoms with van der Waals surface area (Å²) in [5, 5.41) is 32.0. The Kier molecular flexibility index (Phi) is 6.90. The molecule has 0 radical (unpaired) electrons. The van der Waals surface area contributed by atoms with E-state index < -0.39 is 0 Å². The van der Waals surface area contributed by atoms with Gasteiger partial charge in [0.2, 0.25) is 0 Å². The minimum absolute atomic E-state index is 0.339. The fourth-order valence-electron chi connectivity index (χ4n) is 3.90. The van der Waals surface area contributed by atoms with Crippen molar-refractivity contribution < 1.29 is 0 Å². The van der Waals surface area contributed by atoms with Crippen LogP contribution in [0.2, 0.25) is 0 Å². The first-order valence-electron chi connectivity index (χ1n) is 11.9. The zero-order valence-corrected chi connectivity index (χ0v) is 23.1. The number of azo groups is 1. The molecule has 10 heteroatoms. The van der Waals surface area contributed by atoms with Crippen LogP contribution in [-0.2, 0) is 10.8 Å². The predicted molar refractivity (Wildman–Crippen MR) is 151 cm³/mol. The standard InChI is InChI=1S/C27H32N9P/c1-26(2,3)22-20(16-28)25(36(32-22)19-14-12-17(34-37)13-15-19)31-30-21-23(27(4,5)6)33-35(24(21)29)18-10-8-7-9-11-18/h7-15,34H,29,37H2,1-6H3/b31-30+. The van der Waals surface area contributed by atoms with E-state index in [1.807, 2.05) is 96.1 Å². The Hall–Kier alpha value is -4.02. The molecule has 1 unspecified atom stereocenters. The Bertz CT molecular complexity index is 1480. The number of nitrogens with zero attached hydrogens (tertiary/aromatic N) is 7. The minimum atomic E-state index is -0.379. The van der Waals surface area contributed by atoms with Crippen LogP contribution in [0, 0.1) is 11.3 Å². The van der Waals surface area contributed by atoms with Crippen molar-refractivity contribution >= 4 is 32.4 Å². The Balaban J connectivity index is 1.92. The molecule has 2 aromatic carbocycles. The number of para-hydroxylation sites is 1. The molecular weight excluding hydrogens is 481 g/mol. The number of anilines is 2. The van der Waals surface area contributed by atoms with Crippen molar-refractivity contribution in [1.29, 1.82) is 5.26 Å². The molecular formula is C27H32N9P. The maximum absolute atomic E-state index is 10.1. The molecule has 0 saturated carbocycles. The summed E-state index contributed by atoms with van der Waals surface area (Å²) in [6.45, 7) is 12.2. The van der Waals surface area contributed by atoms with E-state index in [0.29, 0.717) is 34.3 Å². The number of nitrogen functional groups attached to an aromatic ring is 1. The van der Waals surface area contributed by atoms with E-state index in [-0.39, 0.29) is 10.8 Å². The maximum atomic E-state index is 10.1. The Morgan fingerprint density at radius 1 is 0.838 bits per heavy atom. The topological polar surface area (TPSA) is 122 Å². The lowest BCUT2D eigenvalue weighted by atomic mass is 9.90. The van der Waals surface area contributed by atoms with Gasteiger partial charge < -0.3 is 10.8 Å². The molecule has 0 aliphatic heterocycles. The molecule has 0 fully saturated rings. The highest BCUT2D eigenvalue weighted by molar-refractivity contribution is 7.18. The molecule has 2 heterocycles. The van der Waals surface area contributed by atoms with E-state index >= 15 is 0 Å². The van der Waals surface area contributed by atoms with Crippen LogP contribution in [0.25, 0.3) is 11.4 Å². The zero-order valence-electron chi connectivity index (χ0n) is 22.0. The second kappa shape index (κ2) is 9.79. The average molecular weight is 514 g/mol. The van der Waals surface area contributed by atoms with Gasteiger partial charge in [0.05, 0.1) is 22.8 Å². The van der Waals surface area contributed by atoms with Crippen molar-refractivity contribution in [2.24, 2.45) is 10.2 Å². The highest BCUT2D eigenvalue weighted by Gasteiger charge is 2.29. The van der Waals surface area contributed by atoms with Crippen LogP contribution in [0.1, 0.15) is 58.5 Å². The summed E-state index contributed by atoms with van der Waals surface area (Å²) < 4.78 is 3.33. The van der Waals surface area contributed by atoms with Crippen LogP contribution in [0.15, 0.2) is 64.8 Å². The Morgan fingerprint density at radius 2 is 1.41 bits per heavy atom. The molecule has 4 aromatic rings. The third-order valence-electron chi connectivity index (χ3n) is 5.81. The third kappa shape index (κ3) is 5.11. The summed E-state index contributed by atoms with van der Waals surface area (Å²) in [7, 11) is 2.47. The molecule has 0 spiro atoms. The van der Waals surface area contributed by atoms with Crippen molar-refractivity contribution in [3.05, 3.63) is 71.5 Å². The van der Waals surface area contributed by atoms with Gasteiger partial charge in [-0.3, -0.25) is 0 Å². The SMILES string of the molecule is CC(C)(C)c1nn(-c2ccc(NP)cc2)c(/N=N/c2c(C(C)(C)C)nn(-c3ccccc3)c2N)c1C#N. The Morgan fingerprint density at radius 3 is 1.95 bits per heavy atom. The van der Waals surface area contributed by atoms with E-state index in [1.165, 1.54) is 0 Å². The molecule has 190 valence electrons. The van der Waals surface area contributed by atoms with Crippen LogP contribution < -0.4 is 10.8 Å². The molecule has 37 heavy (non-hydrogen) atoms. The third-order valence-corrected chi connectivity index (χ3v) is 6.15. The first-order valence-corrected chi connectivity index (χ1v) is 12.5. The van der Waals surface area contributed by atoms with Gasteiger partial charge in [0.15, 0.2) is 17.3 Å². The lowest BCUT2D eigenvalue weighted by Crippen LogP contribution is -2.14. The summed E-state index contributed by atoms with van der Waals surface area (Å²) >= 11 is 0. The second-order valence-corrected chi connectivity index (χ2v) is 11.1. The first kappa shape index (κ1) is 26.1. The number of hydrogen-bond donors (Lipinski definition) is 2. The molecule has 0 aliphatic rings. The molecule has 9 nitrogen and oxygen atoms in total. The number of nitrogens with two attached hydrogens (primary N) is 1. The van der Waals surface area contributed by atoms with Gasteiger partial charge in [-0.15, -0.1) is 10.2 Å². The zero-order chi connectivity index (χ0) is 27.0.